The van der Waals surface area contributed by atoms with E-state index in [0.717, 1.165) is 9.35 Å². The number of β-lactam (4-membered cyclic amide) rings is 1. The van der Waals surface area contributed by atoms with Crippen molar-refractivity contribution < 1.29 is 19.5 Å². The molecule has 2 aromatic heterocycles. The molecule has 1 fully saturated rings. The van der Waals surface area contributed by atoms with Crippen LogP contribution >= 0.6 is 58.1 Å². The van der Waals surface area contributed by atoms with Crippen molar-refractivity contribution in [3.05, 3.63) is 48.9 Å². The summed E-state index contributed by atoms with van der Waals surface area (Å²) in [5, 5.41) is 20.4. The van der Waals surface area contributed by atoms with Crippen molar-refractivity contribution in [2.24, 2.45) is 0 Å². The van der Waals surface area contributed by atoms with Gasteiger partial charge in [-0.15, -0.1) is 22.0 Å². The number of halogens is 2. The van der Waals surface area contributed by atoms with Gasteiger partial charge in [-0.3, -0.25) is 19.3 Å². The van der Waals surface area contributed by atoms with Crippen molar-refractivity contribution in [1.82, 2.24) is 25.0 Å². The van der Waals surface area contributed by atoms with Crippen LogP contribution in [0, 0.1) is 6.92 Å². The summed E-state index contributed by atoms with van der Waals surface area (Å²) in [5.41, 5.74) is 0.0147. The fraction of sp³-hybridized carbons (Fsp3) is 0.333. The number of nitrogens with zero attached hydrogens (tertiary/aromatic N) is 4. The number of carbonyl (C=O) groups is 3. The van der Waals surface area contributed by atoms with E-state index in [0.29, 0.717) is 17.1 Å². The second-order valence-electron chi connectivity index (χ2n) is 7.04. The van der Waals surface area contributed by atoms with E-state index in [1.165, 1.54) is 56.7 Å². The van der Waals surface area contributed by atoms with Crippen molar-refractivity contribution in [2.75, 3.05) is 11.5 Å². The van der Waals surface area contributed by atoms with Crippen LogP contribution in [0.4, 0.5) is 0 Å². The third-order valence-corrected chi connectivity index (χ3v) is 8.70. The van der Waals surface area contributed by atoms with Gasteiger partial charge in [0.05, 0.1) is 0 Å². The van der Waals surface area contributed by atoms with E-state index in [1.807, 2.05) is 6.92 Å². The van der Waals surface area contributed by atoms with Crippen LogP contribution in [0.2, 0.25) is 10.0 Å². The average Bonchev–Trinajstić information content (AvgIpc) is 3.18. The molecule has 16 heteroatoms. The third kappa shape index (κ3) is 5.67. The van der Waals surface area contributed by atoms with Gasteiger partial charge in [0, 0.05) is 53.5 Å². The van der Waals surface area contributed by atoms with Crippen molar-refractivity contribution in [3.8, 4) is 0 Å². The fourth-order valence-electron chi connectivity index (χ4n) is 3.32. The first-order valence-corrected chi connectivity index (χ1v) is 12.9. The first-order valence-electron chi connectivity index (χ1n) is 9.33. The molecule has 0 unspecified atom stereocenters. The topological polar surface area (TPSA) is 134 Å². The van der Waals surface area contributed by atoms with Crippen LogP contribution < -0.4 is 10.7 Å². The van der Waals surface area contributed by atoms with Gasteiger partial charge < -0.3 is 15.0 Å². The average molecular weight is 571 g/mol. The Balaban J connectivity index is 0.00000324. The molecule has 2 aliphatic heterocycles. The van der Waals surface area contributed by atoms with Crippen LogP contribution in [0.1, 0.15) is 5.01 Å². The normalized spacial score (nSPS) is 19.3. The first kappa shape index (κ1) is 27.5. The molecule has 2 aliphatic rings. The van der Waals surface area contributed by atoms with Crippen LogP contribution in [-0.2, 0) is 20.9 Å². The summed E-state index contributed by atoms with van der Waals surface area (Å²) in [5.74, 6) is -1.43. The second kappa shape index (κ2) is 11.3. The van der Waals surface area contributed by atoms with Crippen LogP contribution in [0.25, 0.3) is 0 Å². The van der Waals surface area contributed by atoms with E-state index in [-0.39, 0.29) is 51.8 Å². The van der Waals surface area contributed by atoms with E-state index in [1.54, 1.807) is 0 Å². The Morgan fingerprint density at radius 2 is 1.94 bits per heavy atom. The van der Waals surface area contributed by atoms with Crippen LogP contribution in [0.5, 0.6) is 0 Å². The number of hydrogen-bond donors (Lipinski definition) is 2. The Kier molecular flexibility index (Phi) is 9.18. The quantitative estimate of drug-likeness (QED) is 0.288. The molecule has 2 amide bonds. The van der Waals surface area contributed by atoms with Gasteiger partial charge in [0.25, 0.3) is 5.91 Å². The Labute approximate surface area is 237 Å². The number of carboxylic acid groups (broad SMARTS) is 1. The summed E-state index contributed by atoms with van der Waals surface area (Å²) in [6.45, 7) is 1.62. The largest absolute Gasteiger partial charge is 0.477 e. The summed E-state index contributed by atoms with van der Waals surface area (Å²) in [4.78, 5) is 50.0. The molecule has 4 heterocycles. The molecule has 2 aromatic rings. The Hall–Kier alpha value is -1.06. The molecule has 34 heavy (non-hydrogen) atoms. The maximum atomic E-state index is 12.8. The molecule has 175 valence electrons. The minimum Gasteiger partial charge on any atom is -0.477 e. The van der Waals surface area contributed by atoms with Gasteiger partial charge >= 0.3 is 5.97 Å². The summed E-state index contributed by atoms with van der Waals surface area (Å²) < 4.78 is 2.06. The van der Waals surface area contributed by atoms with Crippen molar-refractivity contribution >= 4 is 105 Å². The molecule has 0 spiro atoms. The van der Waals surface area contributed by atoms with E-state index in [4.69, 9.17) is 23.2 Å². The van der Waals surface area contributed by atoms with E-state index < -0.39 is 34.6 Å². The maximum absolute atomic E-state index is 12.8. The predicted molar refractivity (Wildman–Crippen MR) is 132 cm³/mol. The number of rotatable bonds is 7. The zero-order valence-electron chi connectivity index (χ0n) is 17.8. The minimum absolute atomic E-state index is 0. The van der Waals surface area contributed by atoms with E-state index in [9.17, 15) is 24.3 Å². The van der Waals surface area contributed by atoms with Crippen LogP contribution in [-0.4, -0.2) is 95.0 Å². The first-order chi connectivity index (χ1) is 15.7. The number of nitrogens with one attached hydrogen (secondary N) is 1. The number of aromatic nitrogens is 3. The fourth-order valence-corrected chi connectivity index (χ4v) is 7.12. The number of carboxylic acids is 1. The van der Waals surface area contributed by atoms with Crippen molar-refractivity contribution in [2.45, 2.75) is 29.2 Å². The van der Waals surface area contributed by atoms with Crippen LogP contribution in [0.3, 0.4) is 0 Å². The van der Waals surface area contributed by atoms with Gasteiger partial charge in [0.1, 0.15) is 38.7 Å². The SMILES string of the molecule is Cc1nnc(SCC2=C(C(=O)O)N3C(=O)[C@@H](NC(=O)Cn4cc(Cl)c(=O)c(Cl)c4)[C@H]3SC2)s1.[Na]. The molecular weight excluding hydrogens is 556 g/mol. The monoisotopic (exact) mass is 570 g/mol. The molecule has 0 bridgehead atoms. The number of amides is 2. The Morgan fingerprint density at radius 1 is 1.26 bits per heavy atom. The molecule has 10 nitrogen and oxygen atoms in total. The summed E-state index contributed by atoms with van der Waals surface area (Å²) in [6.07, 6.45) is 2.54. The molecule has 2 N–H and O–H groups in total. The number of carbonyl (C=O) groups excluding carboxylic acids is 2. The van der Waals surface area contributed by atoms with E-state index in [2.05, 4.69) is 15.5 Å². The van der Waals surface area contributed by atoms with Gasteiger partial charge in [-0.1, -0.05) is 46.3 Å². The van der Waals surface area contributed by atoms with Gasteiger partial charge in [0.15, 0.2) is 4.34 Å². The molecule has 2 atom stereocenters. The molecule has 0 aromatic carbocycles. The van der Waals surface area contributed by atoms with Gasteiger partial charge in [-0.2, -0.15) is 0 Å². The molecule has 0 aliphatic carbocycles. The smallest absolute Gasteiger partial charge is 0.352 e. The number of thioether (sulfide) groups is 2. The predicted octanol–water partition coefficient (Wildman–Crippen LogP) is 1.47. The summed E-state index contributed by atoms with van der Waals surface area (Å²) in [7, 11) is 0. The summed E-state index contributed by atoms with van der Waals surface area (Å²) >= 11 is 15.8. The third-order valence-electron chi connectivity index (χ3n) is 4.76. The van der Waals surface area contributed by atoms with Crippen LogP contribution in [0.15, 0.2) is 32.8 Å². The number of aliphatic carboxylic acids is 1. The summed E-state index contributed by atoms with van der Waals surface area (Å²) in [6, 6.07) is -0.859. The molecule has 1 radical (unpaired) electrons. The van der Waals surface area contributed by atoms with Gasteiger partial charge in [-0.25, -0.2) is 4.79 Å². The molecule has 0 saturated carbocycles. The zero-order valence-corrected chi connectivity index (χ0v) is 23.7. The molecule has 1 saturated heterocycles. The number of pyridine rings is 1. The standard InChI is InChI=1S/C18H15Cl2N5O5S3.Na/c1-7-22-23-18(33-7)32-6-8-5-31-16-12(15(28)25(16)13(8)17(29)30)21-11(26)4-24-2-9(19)14(27)10(20)3-24;/h2-3,12,16H,4-6H2,1H3,(H,21,26)(H,29,30);/t12-,16-;/m1./s1. The number of fused-ring (bicyclic) bond motifs is 1. The molecule has 4 rings (SSSR count). The Bertz CT molecular complexity index is 1230. The minimum atomic E-state index is -1.19. The maximum Gasteiger partial charge on any atom is 0.352 e. The van der Waals surface area contributed by atoms with Crippen molar-refractivity contribution in [3.63, 3.8) is 0 Å². The zero-order chi connectivity index (χ0) is 23.9. The van der Waals surface area contributed by atoms with Gasteiger partial charge in [-0.05, 0) is 12.5 Å². The number of aryl methyl sites for hydroxylation is 1. The molecular formula is C18H15Cl2N5NaO5S3. The number of hydrogen-bond acceptors (Lipinski definition) is 9. The van der Waals surface area contributed by atoms with E-state index >= 15 is 0 Å². The Morgan fingerprint density at radius 3 is 2.53 bits per heavy atom. The van der Waals surface area contributed by atoms with Gasteiger partial charge in [0.2, 0.25) is 11.3 Å². The van der Waals surface area contributed by atoms with Crippen molar-refractivity contribution in [1.29, 1.82) is 0 Å². The second-order valence-corrected chi connectivity index (χ2v) is 11.4.